The monoisotopic (exact) mass is 486 g/mol. The molecule has 182 valence electrons. The first-order valence-electron chi connectivity index (χ1n) is 11.5. The minimum atomic E-state index is -4.04. The van der Waals surface area contributed by atoms with Crippen LogP contribution < -0.4 is 14.4 Å². The molecule has 9 heteroatoms. The van der Waals surface area contributed by atoms with Crippen LogP contribution in [0.25, 0.3) is 0 Å². The Morgan fingerprint density at radius 1 is 0.824 bits per heavy atom. The van der Waals surface area contributed by atoms with Crippen molar-refractivity contribution in [3.63, 3.8) is 0 Å². The minimum Gasteiger partial charge on any atom is -0.497 e. The van der Waals surface area contributed by atoms with E-state index in [1.807, 2.05) is 0 Å². The molecule has 8 nitrogen and oxygen atoms in total. The van der Waals surface area contributed by atoms with Crippen LogP contribution in [-0.2, 0) is 19.6 Å². The second-order valence-corrected chi connectivity index (χ2v) is 10.5. The van der Waals surface area contributed by atoms with Gasteiger partial charge < -0.3 is 9.47 Å². The molecule has 1 unspecified atom stereocenters. The van der Waals surface area contributed by atoms with E-state index in [0.29, 0.717) is 30.0 Å². The van der Waals surface area contributed by atoms with E-state index in [1.54, 1.807) is 36.4 Å². The highest BCUT2D eigenvalue weighted by Gasteiger charge is 2.49. The normalized spacial score (nSPS) is 20.0. The summed E-state index contributed by atoms with van der Waals surface area (Å²) in [6.07, 6.45) is 4.97. The zero-order valence-electron chi connectivity index (χ0n) is 19.5. The van der Waals surface area contributed by atoms with Crippen molar-refractivity contribution in [2.24, 2.45) is 0 Å². The molecule has 2 amide bonds. The van der Waals surface area contributed by atoms with Crippen molar-refractivity contribution in [2.45, 2.75) is 61.9 Å². The maximum absolute atomic E-state index is 13.9. The Morgan fingerprint density at radius 2 is 1.35 bits per heavy atom. The minimum absolute atomic E-state index is 0.0840. The molecule has 1 heterocycles. The van der Waals surface area contributed by atoms with Gasteiger partial charge in [0, 0.05) is 6.04 Å². The van der Waals surface area contributed by atoms with Crippen LogP contribution in [0.3, 0.4) is 0 Å². The number of hydrogen-bond donors (Lipinski definition) is 0. The smallest absolute Gasteiger partial charge is 0.252 e. The van der Waals surface area contributed by atoms with Crippen LogP contribution in [0.2, 0.25) is 0 Å². The number of ether oxygens (including phenoxy) is 2. The van der Waals surface area contributed by atoms with Crippen LogP contribution in [0.1, 0.15) is 44.9 Å². The van der Waals surface area contributed by atoms with Crippen LogP contribution in [-0.4, -0.2) is 50.8 Å². The first-order chi connectivity index (χ1) is 16.4. The molecule has 0 radical (unpaired) electrons. The number of imide groups is 1. The van der Waals surface area contributed by atoms with Gasteiger partial charge in [-0.15, -0.1) is 0 Å². The van der Waals surface area contributed by atoms with Gasteiger partial charge in [-0.05, 0) is 61.4 Å². The highest BCUT2D eigenvalue weighted by molar-refractivity contribution is 7.89. The molecule has 4 rings (SSSR count). The average molecular weight is 487 g/mol. The van der Waals surface area contributed by atoms with Crippen molar-refractivity contribution >= 4 is 27.5 Å². The van der Waals surface area contributed by atoms with Crippen LogP contribution in [0.15, 0.2) is 53.4 Å². The van der Waals surface area contributed by atoms with Gasteiger partial charge in [-0.3, -0.25) is 9.59 Å². The van der Waals surface area contributed by atoms with Crippen molar-refractivity contribution in [2.75, 3.05) is 19.1 Å². The fraction of sp³-hybridized carbons (Fsp3) is 0.440. The number of anilines is 1. The molecule has 2 aliphatic rings. The molecule has 0 aromatic heterocycles. The molecule has 0 bridgehead atoms. The summed E-state index contributed by atoms with van der Waals surface area (Å²) in [7, 11) is -0.994. The lowest BCUT2D eigenvalue weighted by Crippen LogP contribution is -2.50. The second-order valence-electron chi connectivity index (χ2n) is 8.64. The van der Waals surface area contributed by atoms with Gasteiger partial charge in [0.2, 0.25) is 15.9 Å². The van der Waals surface area contributed by atoms with Gasteiger partial charge in [-0.2, -0.15) is 4.31 Å². The second kappa shape index (κ2) is 10.1. The number of rotatable bonds is 7. The molecule has 1 saturated carbocycles. The van der Waals surface area contributed by atoms with Crippen LogP contribution in [0, 0.1) is 0 Å². The van der Waals surface area contributed by atoms with E-state index in [1.165, 1.54) is 30.7 Å². The van der Waals surface area contributed by atoms with Crippen molar-refractivity contribution in [1.29, 1.82) is 0 Å². The maximum atomic E-state index is 13.9. The number of benzene rings is 2. The van der Waals surface area contributed by atoms with E-state index >= 15 is 0 Å². The largest absolute Gasteiger partial charge is 0.497 e. The predicted octanol–water partition coefficient (Wildman–Crippen LogP) is 3.75. The van der Waals surface area contributed by atoms with Gasteiger partial charge in [0.1, 0.15) is 17.5 Å². The molecular weight excluding hydrogens is 456 g/mol. The van der Waals surface area contributed by atoms with Crippen molar-refractivity contribution in [3.05, 3.63) is 48.5 Å². The van der Waals surface area contributed by atoms with Crippen molar-refractivity contribution in [1.82, 2.24) is 4.31 Å². The third-order valence-corrected chi connectivity index (χ3v) is 8.56. The summed E-state index contributed by atoms with van der Waals surface area (Å²) in [5.74, 6) is 0.208. The topological polar surface area (TPSA) is 93.2 Å². The summed E-state index contributed by atoms with van der Waals surface area (Å²) < 4.78 is 39.4. The molecule has 2 fully saturated rings. The molecule has 1 saturated heterocycles. The Labute approximate surface area is 200 Å². The molecule has 1 aliphatic carbocycles. The van der Waals surface area contributed by atoms with Gasteiger partial charge in [0.15, 0.2) is 0 Å². The first-order valence-corrected chi connectivity index (χ1v) is 13.0. The summed E-state index contributed by atoms with van der Waals surface area (Å²) >= 11 is 0. The molecule has 0 N–H and O–H groups in total. The SMILES string of the molecule is COc1ccc(N2C(=O)CC(N(C3CCCCCC3)S(=O)(=O)c3ccc(OC)cc3)C2=O)cc1. The number of carbonyl (C=O) groups excluding carboxylic acids is 2. The molecule has 2 aromatic rings. The summed E-state index contributed by atoms with van der Waals surface area (Å²) in [6, 6.07) is 11.3. The maximum Gasteiger partial charge on any atom is 0.252 e. The fourth-order valence-electron chi connectivity index (χ4n) is 4.82. The summed E-state index contributed by atoms with van der Waals surface area (Å²) in [4.78, 5) is 27.7. The Kier molecular flexibility index (Phi) is 7.23. The lowest BCUT2D eigenvalue weighted by molar-refractivity contribution is -0.122. The molecule has 0 spiro atoms. The summed E-state index contributed by atoms with van der Waals surface area (Å²) in [5.41, 5.74) is 0.404. The standard InChI is InChI=1S/C25H30N2O6S/c1-32-20-11-9-18(10-12-20)26-24(28)17-23(25(26)29)27(19-7-5-3-4-6-8-19)34(30,31)22-15-13-21(33-2)14-16-22/h9-16,19,23H,3-8,17H2,1-2H3. The number of carbonyl (C=O) groups is 2. The van der Waals surface area contributed by atoms with Gasteiger partial charge in [-0.1, -0.05) is 25.7 Å². The van der Waals surface area contributed by atoms with Crippen molar-refractivity contribution in [3.8, 4) is 11.5 Å². The van der Waals surface area contributed by atoms with E-state index in [9.17, 15) is 18.0 Å². The van der Waals surface area contributed by atoms with E-state index < -0.39 is 27.9 Å². The highest BCUT2D eigenvalue weighted by atomic mass is 32.2. The van der Waals surface area contributed by atoms with Crippen molar-refractivity contribution < 1.29 is 27.5 Å². The number of amides is 2. The molecule has 1 atom stereocenters. The van der Waals surface area contributed by atoms with E-state index in [-0.39, 0.29) is 17.4 Å². The zero-order chi connectivity index (χ0) is 24.3. The summed E-state index contributed by atoms with van der Waals surface area (Å²) in [6.45, 7) is 0. The van der Waals surface area contributed by atoms with Crippen LogP contribution in [0.4, 0.5) is 5.69 Å². The Balaban J connectivity index is 1.72. The summed E-state index contributed by atoms with van der Waals surface area (Å²) in [5, 5.41) is 0. The first kappa shape index (κ1) is 24.2. The number of methoxy groups -OCH3 is 2. The van der Waals surface area contributed by atoms with Gasteiger partial charge in [0.05, 0.1) is 31.2 Å². The van der Waals surface area contributed by atoms with E-state index in [2.05, 4.69) is 0 Å². The van der Waals surface area contributed by atoms with Gasteiger partial charge in [-0.25, -0.2) is 13.3 Å². The molecule has 34 heavy (non-hydrogen) atoms. The fourth-order valence-corrected chi connectivity index (χ4v) is 6.64. The molecular formula is C25H30N2O6S. The molecule has 2 aromatic carbocycles. The lowest BCUT2D eigenvalue weighted by atomic mass is 10.1. The quantitative estimate of drug-likeness (QED) is 0.437. The Bertz CT molecular complexity index is 1120. The third-order valence-electron chi connectivity index (χ3n) is 6.58. The lowest BCUT2D eigenvalue weighted by Gasteiger charge is -2.33. The number of hydrogen-bond acceptors (Lipinski definition) is 6. The van der Waals surface area contributed by atoms with Crippen LogP contribution >= 0.6 is 0 Å². The average Bonchev–Trinajstić information content (AvgIpc) is 3.00. The Hall–Kier alpha value is -2.91. The van der Waals surface area contributed by atoms with Gasteiger partial charge >= 0.3 is 0 Å². The Morgan fingerprint density at radius 3 is 1.88 bits per heavy atom. The molecule has 1 aliphatic heterocycles. The van der Waals surface area contributed by atoms with E-state index in [4.69, 9.17) is 9.47 Å². The number of nitrogens with zero attached hydrogens (tertiary/aromatic N) is 2. The van der Waals surface area contributed by atoms with Crippen LogP contribution in [0.5, 0.6) is 11.5 Å². The van der Waals surface area contributed by atoms with E-state index in [0.717, 1.165) is 30.6 Å². The number of sulfonamides is 1. The highest BCUT2D eigenvalue weighted by Crippen LogP contribution is 2.35. The predicted molar refractivity (Wildman–Crippen MR) is 127 cm³/mol. The van der Waals surface area contributed by atoms with Gasteiger partial charge in [0.25, 0.3) is 5.91 Å². The third kappa shape index (κ3) is 4.67. The zero-order valence-corrected chi connectivity index (χ0v) is 20.3.